The lowest BCUT2D eigenvalue weighted by Crippen LogP contribution is -2.34. The third-order valence-corrected chi connectivity index (χ3v) is 3.98. The van der Waals surface area contributed by atoms with Crippen LogP contribution < -0.4 is 0 Å². The highest BCUT2D eigenvalue weighted by Crippen LogP contribution is 2.25. The summed E-state index contributed by atoms with van der Waals surface area (Å²) in [6.45, 7) is -1.81. The Bertz CT molecular complexity index is 373. The molecule has 1 unspecified atom stereocenters. The summed E-state index contributed by atoms with van der Waals surface area (Å²) < 4.78 is 53.8. The fourth-order valence-corrected chi connectivity index (χ4v) is 2.72. The van der Waals surface area contributed by atoms with Crippen LogP contribution in [0.3, 0.4) is 0 Å². The molecule has 1 aromatic heterocycles. The molecule has 0 amide bonds. The third-order valence-electron chi connectivity index (χ3n) is 2.04. The van der Waals surface area contributed by atoms with Crippen molar-refractivity contribution in [2.75, 3.05) is 13.2 Å². The minimum Gasteiger partial charge on any atom is -0.390 e. The first-order valence-electron chi connectivity index (χ1n) is 4.96. The number of alkyl halides is 4. The molecule has 0 aliphatic heterocycles. The number of hydrogen-bond donors (Lipinski definition) is 1. The topological polar surface area (TPSA) is 29.5 Å². The van der Waals surface area contributed by atoms with Gasteiger partial charge in [-0.3, -0.25) is 0 Å². The summed E-state index contributed by atoms with van der Waals surface area (Å²) in [4.78, 5) is 0.840. The second-order valence-electron chi connectivity index (χ2n) is 3.63. The lowest BCUT2D eigenvalue weighted by Gasteiger charge is -2.16. The van der Waals surface area contributed by atoms with Gasteiger partial charge < -0.3 is 9.84 Å². The Labute approximate surface area is 114 Å². The van der Waals surface area contributed by atoms with E-state index in [0.29, 0.717) is 0 Å². The Morgan fingerprint density at radius 1 is 1.44 bits per heavy atom. The van der Waals surface area contributed by atoms with Crippen molar-refractivity contribution in [3.8, 4) is 0 Å². The van der Waals surface area contributed by atoms with Crippen LogP contribution in [0, 0.1) is 0 Å². The summed E-state index contributed by atoms with van der Waals surface area (Å²) >= 11 is 4.64. The number of rotatable bonds is 7. The van der Waals surface area contributed by atoms with E-state index in [1.54, 1.807) is 11.4 Å². The number of ether oxygens (including phenoxy) is 1. The summed E-state index contributed by atoms with van der Waals surface area (Å²) in [7, 11) is 0. The van der Waals surface area contributed by atoms with Gasteiger partial charge >= 0.3 is 12.3 Å². The van der Waals surface area contributed by atoms with Crippen molar-refractivity contribution in [2.24, 2.45) is 0 Å². The number of aliphatic hydroxyl groups excluding tert-OH is 1. The molecule has 1 N–H and O–H groups in total. The largest absolute Gasteiger partial charge is 0.390 e. The van der Waals surface area contributed by atoms with Crippen molar-refractivity contribution in [3.05, 3.63) is 20.8 Å². The molecule has 1 heterocycles. The van der Waals surface area contributed by atoms with Crippen molar-refractivity contribution in [2.45, 2.75) is 24.9 Å². The molecule has 18 heavy (non-hydrogen) atoms. The molecule has 0 bridgehead atoms. The predicted octanol–water partition coefficient (Wildman–Crippen LogP) is 3.33. The molecule has 104 valence electrons. The van der Waals surface area contributed by atoms with E-state index in [4.69, 9.17) is 0 Å². The predicted molar refractivity (Wildman–Crippen MR) is 63.5 cm³/mol. The first-order chi connectivity index (χ1) is 8.33. The Morgan fingerprint density at radius 2 is 2.11 bits per heavy atom. The summed E-state index contributed by atoms with van der Waals surface area (Å²) in [5.41, 5.74) is 0. The van der Waals surface area contributed by atoms with E-state index in [0.717, 1.165) is 9.35 Å². The minimum atomic E-state index is -4.18. The molecule has 0 saturated heterocycles. The van der Waals surface area contributed by atoms with Gasteiger partial charge in [0.05, 0.1) is 12.7 Å². The van der Waals surface area contributed by atoms with E-state index in [9.17, 15) is 22.7 Å². The highest BCUT2D eigenvalue weighted by molar-refractivity contribution is 9.10. The van der Waals surface area contributed by atoms with Crippen LogP contribution in [0.1, 0.15) is 4.88 Å². The average Bonchev–Trinajstić information content (AvgIpc) is 2.64. The standard InChI is InChI=1S/C10H11BrF4O2S/c11-7-1-2-18-8(7)3-6(16)4-17-5-10(14,15)9(12)13/h1-2,6,9,16H,3-5H2. The SMILES string of the molecule is OC(COCC(F)(F)C(F)F)Cc1sccc1Br. The zero-order valence-corrected chi connectivity index (χ0v) is 11.5. The van der Waals surface area contributed by atoms with Crippen LogP contribution in [-0.4, -0.2) is 36.8 Å². The van der Waals surface area contributed by atoms with Crippen molar-refractivity contribution in [3.63, 3.8) is 0 Å². The highest BCUT2D eigenvalue weighted by Gasteiger charge is 2.41. The van der Waals surface area contributed by atoms with Gasteiger partial charge in [-0.1, -0.05) is 0 Å². The number of aliphatic hydroxyl groups is 1. The minimum absolute atomic E-state index is 0.221. The molecule has 2 nitrogen and oxygen atoms in total. The lowest BCUT2D eigenvalue weighted by atomic mass is 10.2. The molecule has 0 aliphatic rings. The molecule has 8 heteroatoms. The zero-order valence-electron chi connectivity index (χ0n) is 9.08. The monoisotopic (exact) mass is 350 g/mol. The van der Waals surface area contributed by atoms with Crippen LogP contribution in [-0.2, 0) is 11.2 Å². The lowest BCUT2D eigenvalue weighted by molar-refractivity contribution is -0.170. The van der Waals surface area contributed by atoms with Crippen LogP contribution >= 0.6 is 27.3 Å². The Morgan fingerprint density at radius 3 is 2.61 bits per heavy atom. The quantitative estimate of drug-likeness (QED) is 0.764. The summed E-state index contributed by atoms with van der Waals surface area (Å²) in [5.74, 6) is -4.18. The van der Waals surface area contributed by atoms with Crippen LogP contribution in [0.2, 0.25) is 0 Å². The van der Waals surface area contributed by atoms with E-state index >= 15 is 0 Å². The van der Waals surface area contributed by atoms with E-state index < -0.39 is 31.7 Å². The fourth-order valence-electron chi connectivity index (χ4n) is 1.14. The van der Waals surface area contributed by atoms with Crippen molar-refractivity contribution >= 4 is 27.3 Å². The van der Waals surface area contributed by atoms with Gasteiger partial charge in [0.2, 0.25) is 0 Å². The number of thiophene rings is 1. The second kappa shape index (κ2) is 6.83. The Hall–Kier alpha value is -0.180. The molecule has 0 aliphatic carbocycles. The Balaban J connectivity index is 2.30. The third kappa shape index (κ3) is 4.83. The van der Waals surface area contributed by atoms with Gasteiger partial charge in [0, 0.05) is 15.8 Å². The second-order valence-corrected chi connectivity index (χ2v) is 5.48. The molecule has 0 spiro atoms. The molecule has 0 fully saturated rings. The first kappa shape index (κ1) is 15.9. The maximum atomic E-state index is 12.5. The molecule has 0 radical (unpaired) electrons. The van der Waals surface area contributed by atoms with E-state index in [2.05, 4.69) is 20.7 Å². The first-order valence-corrected chi connectivity index (χ1v) is 6.64. The van der Waals surface area contributed by atoms with Crippen molar-refractivity contribution in [1.29, 1.82) is 0 Å². The maximum Gasteiger partial charge on any atom is 0.330 e. The Kier molecular flexibility index (Phi) is 6.03. The van der Waals surface area contributed by atoms with Gasteiger partial charge in [-0.2, -0.15) is 8.78 Å². The van der Waals surface area contributed by atoms with Gasteiger partial charge in [-0.15, -0.1) is 11.3 Å². The molecular formula is C10H11BrF4O2S. The summed E-state index contributed by atoms with van der Waals surface area (Å²) in [5, 5.41) is 11.3. The van der Waals surface area contributed by atoms with Crippen LogP contribution in [0.15, 0.2) is 15.9 Å². The van der Waals surface area contributed by atoms with Gasteiger partial charge in [0.1, 0.15) is 6.61 Å². The molecule has 0 aromatic carbocycles. The highest BCUT2D eigenvalue weighted by atomic mass is 79.9. The van der Waals surface area contributed by atoms with Crippen LogP contribution in [0.5, 0.6) is 0 Å². The fraction of sp³-hybridized carbons (Fsp3) is 0.600. The molecule has 0 saturated carbocycles. The molecule has 1 atom stereocenters. The normalized spacial score (nSPS) is 14.2. The smallest absolute Gasteiger partial charge is 0.330 e. The van der Waals surface area contributed by atoms with Gasteiger partial charge in [-0.25, -0.2) is 8.78 Å². The van der Waals surface area contributed by atoms with Gasteiger partial charge in [-0.05, 0) is 27.4 Å². The maximum absolute atomic E-state index is 12.5. The summed E-state index contributed by atoms with van der Waals surface area (Å²) in [6, 6.07) is 1.79. The molecular weight excluding hydrogens is 340 g/mol. The van der Waals surface area contributed by atoms with E-state index in [-0.39, 0.29) is 6.42 Å². The zero-order chi connectivity index (χ0) is 13.8. The van der Waals surface area contributed by atoms with Crippen molar-refractivity contribution < 1.29 is 27.4 Å². The van der Waals surface area contributed by atoms with Crippen LogP contribution in [0.4, 0.5) is 17.6 Å². The van der Waals surface area contributed by atoms with Crippen LogP contribution in [0.25, 0.3) is 0 Å². The van der Waals surface area contributed by atoms with E-state index in [1.807, 2.05) is 0 Å². The van der Waals surface area contributed by atoms with Gasteiger partial charge in [0.15, 0.2) is 0 Å². The average molecular weight is 351 g/mol. The number of hydrogen-bond acceptors (Lipinski definition) is 3. The van der Waals surface area contributed by atoms with E-state index in [1.165, 1.54) is 11.3 Å². The van der Waals surface area contributed by atoms with Crippen molar-refractivity contribution in [1.82, 2.24) is 0 Å². The molecule has 1 aromatic rings. The number of halogens is 5. The molecule has 1 rings (SSSR count). The summed E-state index contributed by atoms with van der Waals surface area (Å²) in [6.07, 6.45) is -4.55. The van der Waals surface area contributed by atoms with Gasteiger partial charge in [0.25, 0.3) is 0 Å².